The highest BCUT2D eigenvalue weighted by atomic mass is 14.1. The van der Waals surface area contributed by atoms with Gasteiger partial charge in [-0.25, -0.2) is 0 Å². The first-order valence-corrected chi connectivity index (χ1v) is 8.30. The van der Waals surface area contributed by atoms with Crippen LogP contribution in [0.4, 0.5) is 0 Å². The summed E-state index contributed by atoms with van der Waals surface area (Å²) < 4.78 is 0. The van der Waals surface area contributed by atoms with Gasteiger partial charge >= 0.3 is 0 Å². The van der Waals surface area contributed by atoms with E-state index >= 15 is 0 Å². The first-order chi connectivity index (χ1) is 11.6. The first-order valence-electron chi connectivity index (χ1n) is 8.30. The van der Waals surface area contributed by atoms with Crippen molar-refractivity contribution in [2.45, 2.75) is 20.8 Å². The van der Waals surface area contributed by atoms with Gasteiger partial charge in [0.05, 0.1) is 0 Å². The third-order valence-electron chi connectivity index (χ3n) is 4.17. The van der Waals surface area contributed by atoms with Gasteiger partial charge in [0.15, 0.2) is 0 Å². The molecule has 0 aliphatic carbocycles. The molecule has 0 fully saturated rings. The van der Waals surface area contributed by atoms with E-state index in [2.05, 4.69) is 99.3 Å². The molecule has 3 aromatic rings. The molecule has 0 aliphatic rings. The van der Waals surface area contributed by atoms with Crippen LogP contribution in [0.15, 0.2) is 78.5 Å². The lowest BCUT2D eigenvalue weighted by molar-refractivity contribution is 1.29. The molecule has 0 nitrogen and oxygen atoms in total. The summed E-state index contributed by atoms with van der Waals surface area (Å²) in [6, 6.07) is 25.4. The van der Waals surface area contributed by atoms with Gasteiger partial charge in [0.2, 0.25) is 0 Å². The smallest absolute Gasteiger partial charge is 0.0315 e. The molecule has 0 spiro atoms. The SMILES string of the molecule is Cc1cc(C)c(C(=C=Cc2ccccc2)c2ccccc2)c(C)c1. The van der Waals surface area contributed by atoms with E-state index in [1.807, 2.05) is 6.07 Å². The average molecular weight is 310 g/mol. The molecule has 0 heteroatoms. The molecule has 0 saturated heterocycles. The zero-order valence-corrected chi connectivity index (χ0v) is 14.5. The highest BCUT2D eigenvalue weighted by Crippen LogP contribution is 2.29. The summed E-state index contributed by atoms with van der Waals surface area (Å²) in [6.45, 7) is 6.51. The Kier molecular flexibility index (Phi) is 4.79. The maximum Gasteiger partial charge on any atom is 0.0315 e. The zero-order chi connectivity index (χ0) is 16.9. The highest BCUT2D eigenvalue weighted by molar-refractivity contribution is 5.84. The van der Waals surface area contributed by atoms with Crippen LogP contribution in [0.1, 0.15) is 33.4 Å². The number of aryl methyl sites for hydroxylation is 3. The Balaban J connectivity index is 2.23. The summed E-state index contributed by atoms with van der Waals surface area (Å²) in [7, 11) is 0. The van der Waals surface area contributed by atoms with Crippen molar-refractivity contribution < 1.29 is 0 Å². The van der Waals surface area contributed by atoms with Crippen molar-refractivity contribution in [2.75, 3.05) is 0 Å². The number of rotatable bonds is 3. The fourth-order valence-corrected chi connectivity index (χ4v) is 3.18. The van der Waals surface area contributed by atoms with Gasteiger partial charge < -0.3 is 0 Å². The van der Waals surface area contributed by atoms with E-state index in [0.29, 0.717) is 0 Å². The molecule has 24 heavy (non-hydrogen) atoms. The van der Waals surface area contributed by atoms with Crippen LogP contribution in [0.25, 0.3) is 11.6 Å². The topological polar surface area (TPSA) is 0 Å². The van der Waals surface area contributed by atoms with Crippen LogP contribution in [0.3, 0.4) is 0 Å². The number of hydrogen-bond donors (Lipinski definition) is 0. The minimum Gasteiger partial charge on any atom is -0.111 e. The van der Waals surface area contributed by atoms with E-state index in [0.717, 1.165) is 11.1 Å². The third kappa shape index (κ3) is 3.56. The van der Waals surface area contributed by atoms with Crippen molar-refractivity contribution in [1.82, 2.24) is 0 Å². The van der Waals surface area contributed by atoms with Crippen LogP contribution >= 0.6 is 0 Å². The van der Waals surface area contributed by atoms with Crippen LogP contribution in [-0.4, -0.2) is 0 Å². The van der Waals surface area contributed by atoms with Gasteiger partial charge in [0.1, 0.15) is 0 Å². The van der Waals surface area contributed by atoms with Gasteiger partial charge in [-0.3, -0.25) is 0 Å². The van der Waals surface area contributed by atoms with Crippen molar-refractivity contribution in [3.8, 4) is 0 Å². The van der Waals surface area contributed by atoms with Crippen LogP contribution in [0.5, 0.6) is 0 Å². The molecule has 0 aromatic heterocycles. The van der Waals surface area contributed by atoms with Gasteiger partial charge in [-0.15, -0.1) is 5.73 Å². The fraction of sp³-hybridized carbons (Fsp3) is 0.125. The minimum atomic E-state index is 1.15. The molecule has 0 atom stereocenters. The van der Waals surface area contributed by atoms with E-state index < -0.39 is 0 Å². The Labute approximate surface area is 144 Å². The van der Waals surface area contributed by atoms with Gasteiger partial charge in [0, 0.05) is 5.57 Å². The molecule has 0 bridgehead atoms. The van der Waals surface area contributed by atoms with E-state index in [-0.39, 0.29) is 0 Å². The molecule has 0 radical (unpaired) electrons. The Bertz CT molecular complexity index is 870. The Morgan fingerprint density at radius 3 is 1.88 bits per heavy atom. The fourth-order valence-electron chi connectivity index (χ4n) is 3.18. The van der Waals surface area contributed by atoms with Crippen molar-refractivity contribution in [3.05, 3.63) is 112 Å². The van der Waals surface area contributed by atoms with Gasteiger partial charge in [-0.05, 0) is 54.7 Å². The summed E-state index contributed by atoms with van der Waals surface area (Å²) >= 11 is 0. The predicted octanol–water partition coefficient (Wildman–Crippen LogP) is 6.36. The van der Waals surface area contributed by atoms with Crippen molar-refractivity contribution in [1.29, 1.82) is 0 Å². The van der Waals surface area contributed by atoms with Gasteiger partial charge in [0.25, 0.3) is 0 Å². The van der Waals surface area contributed by atoms with Crippen LogP contribution in [0, 0.1) is 20.8 Å². The molecule has 0 N–H and O–H groups in total. The summed E-state index contributed by atoms with van der Waals surface area (Å²) in [6.07, 6.45) is 2.07. The van der Waals surface area contributed by atoms with Crippen LogP contribution in [0.2, 0.25) is 0 Å². The molecule has 0 amide bonds. The molecular formula is C24H22. The second kappa shape index (κ2) is 7.17. The molecule has 0 unspecified atom stereocenters. The zero-order valence-electron chi connectivity index (χ0n) is 14.5. The molecule has 3 rings (SSSR count). The lowest BCUT2D eigenvalue weighted by Gasteiger charge is -2.14. The molecular weight excluding hydrogens is 288 g/mol. The molecule has 0 heterocycles. The second-order valence-corrected chi connectivity index (χ2v) is 6.21. The van der Waals surface area contributed by atoms with Crippen molar-refractivity contribution in [2.24, 2.45) is 0 Å². The minimum absolute atomic E-state index is 1.15. The lowest BCUT2D eigenvalue weighted by atomic mass is 9.90. The van der Waals surface area contributed by atoms with Crippen molar-refractivity contribution in [3.63, 3.8) is 0 Å². The quantitative estimate of drug-likeness (QED) is 0.494. The van der Waals surface area contributed by atoms with E-state index in [1.165, 1.54) is 27.8 Å². The van der Waals surface area contributed by atoms with Gasteiger partial charge in [-0.2, -0.15) is 0 Å². The second-order valence-electron chi connectivity index (χ2n) is 6.21. The monoisotopic (exact) mass is 310 g/mol. The number of benzene rings is 3. The lowest BCUT2D eigenvalue weighted by Crippen LogP contribution is -1.95. The Hall–Kier alpha value is -2.82. The van der Waals surface area contributed by atoms with Crippen LogP contribution < -0.4 is 0 Å². The van der Waals surface area contributed by atoms with E-state index in [4.69, 9.17) is 0 Å². The standard InChI is InChI=1S/C24H22/c1-18-16-19(2)24(20(3)17-18)23(22-12-8-5-9-13-22)15-14-21-10-6-4-7-11-21/h4-14,16-17H,1-3H3. The normalized spacial score (nSPS) is 10.1. The van der Waals surface area contributed by atoms with Crippen molar-refractivity contribution >= 4 is 11.6 Å². The molecule has 118 valence electrons. The van der Waals surface area contributed by atoms with E-state index in [1.54, 1.807) is 0 Å². The summed E-state index contributed by atoms with van der Waals surface area (Å²) in [4.78, 5) is 0. The van der Waals surface area contributed by atoms with Gasteiger partial charge in [-0.1, -0.05) is 78.4 Å². The maximum absolute atomic E-state index is 3.56. The summed E-state index contributed by atoms with van der Waals surface area (Å²) in [5, 5.41) is 0. The molecule has 3 aromatic carbocycles. The Morgan fingerprint density at radius 2 is 1.29 bits per heavy atom. The Morgan fingerprint density at radius 1 is 0.750 bits per heavy atom. The first kappa shape index (κ1) is 16.1. The number of hydrogen-bond acceptors (Lipinski definition) is 0. The highest BCUT2D eigenvalue weighted by Gasteiger charge is 2.11. The third-order valence-corrected chi connectivity index (χ3v) is 4.17. The molecule has 0 aliphatic heterocycles. The largest absolute Gasteiger partial charge is 0.111 e. The van der Waals surface area contributed by atoms with E-state index in [9.17, 15) is 0 Å². The summed E-state index contributed by atoms with van der Waals surface area (Å²) in [5.41, 5.74) is 12.2. The maximum atomic E-state index is 3.56. The predicted molar refractivity (Wildman–Crippen MR) is 104 cm³/mol. The average Bonchev–Trinajstić information content (AvgIpc) is 2.58. The summed E-state index contributed by atoms with van der Waals surface area (Å²) in [5.74, 6) is 0. The molecule has 0 saturated carbocycles. The van der Waals surface area contributed by atoms with Crippen LogP contribution in [-0.2, 0) is 0 Å².